The minimum atomic E-state index is -0.924. The molecular weight excluding hydrogens is 353 g/mol. The molecule has 0 aliphatic carbocycles. The van der Waals surface area contributed by atoms with Gasteiger partial charge in [0.2, 0.25) is 0 Å². The van der Waals surface area contributed by atoms with Crippen molar-refractivity contribution < 1.29 is 18.7 Å². The largest absolute Gasteiger partial charge is 0.449 e. The van der Waals surface area contributed by atoms with Crippen LogP contribution >= 0.6 is 11.8 Å². The highest BCUT2D eigenvalue weighted by Gasteiger charge is 2.20. The summed E-state index contributed by atoms with van der Waals surface area (Å²) in [6.45, 7) is 5.32. The van der Waals surface area contributed by atoms with Crippen molar-refractivity contribution in [2.45, 2.75) is 23.7 Å². The number of carbonyl (C=O) groups is 2. The first-order valence-electron chi connectivity index (χ1n) is 8.07. The maximum absolute atomic E-state index is 13.8. The number of carbonyl (C=O) groups excluding carboxylic acids is 2. The number of thioether (sulfide) groups is 1. The molecule has 6 heteroatoms. The van der Waals surface area contributed by atoms with Crippen molar-refractivity contribution in [3.63, 3.8) is 0 Å². The van der Waals surface area contributed by atoms with Crippen LogP contribution in [-0.2, 0) is 15.3 Å². The molecule has 0 unspecified atom stereocenters. The highest BCUT2D eigenvalue weighted by Crippen LogP contribution is 2.28. The molecule has 4 nitrogen and oxygen atoms in total. The summed E-state index contributed by atoms with van der Waals surface area (Å²) < 4.78 is 19.0. The lowest BCUT2D eigenvalue weighted by molar-refractivity contribution is -0.128. The second-order valence-corrected chi connectivity index (χ2v) is 6.47. The highest BCUT2D eigenvalue weighted by atomic mass is 32.2. The Kier molecular flexibility index (Phi) is 7.41. The number of halogens is 1. The monoisotopic (exact) mass is 373 g/mol. The molecule has 0 aliphatic heterocycles. The van der Waals surface area contributed by atoms with Gasteiger partial charge in [-0.3, -0.25) is 4.79 Å². The van der Waals surface area contributed by atoms with Gasteiger partial charge in [-0.1, -0.05) is 36.4 Å². The second-order valence-electron chi connectivity index (χ2n) is 5.46. The van der Waals surface area contributed by atoms with Crippen molar-refractivity contribution in [3.05, 3.63) is 78.1 Å². The van der Waals surface area contributed by atoms with Gasteiger partial charge in [0, 0.05) is 17.2 Å². The van der Waals surface area contributed by atoms with Gasteiger partial charge in [-0.05, 0) is 30.7 Å². The molecule has 0 aliphatic rings. The van der Waals surface area contributed by atoms with E-state index in [-0.39, 0.29) is 5.82 Å². The first-order valence-corrected chi connectivity index (χ1v) is 9.06. The Bertz CT molecular complexity index is 794. The zero-order valence-electron chi connectivity index (χ0n) is 14.4. The molecule has 26 heavy (non-hydrogen) atoms. The van der Waals surface area contributed by atoms with E-state index >= 15 is 0 Å². The first-order chi connectivity index (χ1) is 12.5. The average molecular weight is 373 g/mol. The van der Waals surface area contributed by atoms with Crippen molar-refractivity contribution >= 4 is 23.6 Å². The van der Waals surface area contributed by atoms with Gasteiger partial charge in [-0.15, -0.1) is 18.3 Å². The number of hydrogen-bond acceptors (Lipinski definition) is 4. The van der Waals surface area contributed by atoms with Gasteiger partial charge in [0.1, 0.15) is 5.82 Å². The van der Waals surface area contributed by atoms with Gasteiger partial charge >= 0.3 is 5.97 Å². The Hall–Kier alpha value is -2.60. The van der Waals surface area contributed by atoms with Crippen LogP contribution in [-0.4, -0.2) is 24.5 Å². The predicted molar refractivity (Wildman–Crippen MR) is 100 cm³/mol. The van der Waals surface area contributed by atoms with E-state index in [2.05, 4.69) is 11.9 Å². The predicted octanol–water partition coefficient (Wildman–Crippen LogP) is 3.97. The molecule has 0 aromatic heterocycles. The van der Waals surface area contributed by atoms with Crippen LogP contribution in [0.25, 0.3) is 0 Å². The summed E-state index contributed by atoms with van der Waals surface area (Å²) in [6, 6.07) is 13.4. The van der Waals surface area contributed by atoms with Crippen molar-refractivity contribution in [1.82, 2.24) is 5.32 Å². The number of amides is 1. The fraction of sp³-hybridized carbons (Fsp3) is 0.200. The minimum absolute atomic E-state index is 0.285. The Morgan fingerprint density at radius 3 is 2.65 bits per heavy atom. The summed E-state index contributed by atoms with van der Waals surface area (Å²) in [6.07, 6.45) is 0.619. The quantitative estimate of drug-likeness (QED) is 0.432. The summed E-state index contributed by atoms with van der Waals surface area (Å²) in [5.74, 6) is -0.892. The van der Waals surface area contributed by atoms with Crippen LogP contribution in [0.4, 0.5) is 4.39 Å². The number of ether oxygens (including phenoxy) is 1. The van der Waals surface area contributed by atoms with Crippen LogP contribution in [0.15, 0.2) is 66.1 Å². The van der Waals surface area contributed by atoms with Gasteiger partial charge in [0.25, 0.3) is 5.91 Å². The Balaban J connectivity index is 2.05. The number of esters is 1. The van der Waals surface area contributed by atoms with Crippen molar-refractivity contribution in [3.8, 4) is 0 Å². The average Bonchev–Trinajstić information content (AvgIpc) is 2.65. The summed E-state index contributed by atoms with van der Waals surface area (Å²) in [4.78, 5) is 24.9. The van der Waals surface area contributed by atoms with Crippen LogP contribution in [0, 0.1) is 5.82 Å². The van der Waals surface area contributed by atoms with E-state index in [9.17, 15) is 14.0 Å². The van der Waals surface area contributed by atoms with E-state index in [1.165, 1.54) is 24.8 Å². The molecule has 1 amide bonds. The number of hydrogen-bond donors (Lipinski definition) is 1. The first kappa shape index (κ1) is 19.7. The van der Waals surface area contributed by atoms with E-state index in [1.54, 1.807) is 48.5 Å². The third-order valence-electron chi connectivity index (χ3n) is 3.52. The lowest BCUT2D eigenvalue weighted by atomic mass is 10.2. The molecule has 0 spiro atoms. The Morgan fingerprint density at radius 2 is 1.92 bits per heavy atom. The van der Waals surface area contributed by atoms with Gasteiger partial charge in [-0.25, -0.2) is 9.18 Å². The number of rotatable bonds is 8. The molecule has 1 N–H and O–H groups in total. The molecule has 2 aromatic carbocycles. The van der Waals surface area contributed by atoms with E-state index in [0.29, 0.717) is 28.3 Å². The molecule has 0 bridgehead atoms. The SMILES string of the molecule is C=CCNC(=O)[C@@H](C)OC(=O)c1ccccc1SCc1ccccc1F. The highest BCUT2D eigenvalue weighted by molar-refractivity contribution is 7.98. The summed E-state index contributed by atoms with van der Waals surface area (Å²) in [5, 5.41) is 2.58. The molecule has 0 saturated heterocycles. The fourth-order valence-corrected chi connectivity index (χ4v) is 3.15. The van der Waals surface area contributed by atoms with Gasteiger partial charge in [0.15, 0.2) is 6.10 Å². The maximum atomic E-state index is 13.8. The zero-order chi connectivity index (χ0) is 18.9. The normalized spacial score (nSPS) is 11.5. The lowest BCUT2D eigenvalue weighted by Gasteiger charge is -2.14. The lowest BCUT2D eigenvalue weighted by Crippen LogP contribution is -2.35. The van der Waals surface area contributed by atoms with Crippen LogP contribution < -0.4 is 5.32 Å². The third kappa shape index (κ3) is 5.46. The molecule has 0 radical (unpaired) electrons. The molecule has 2 aromatic rings. The summed E-state index contributed by atoms with van der Waals surface area (Å²) >= 11 is 1.34. The summed E-state index contributed by atoms with van der Waals surface area (Å²) in [5.41, 5.74) is 0.898. The van der Waals surface area contributed by atoms with Crippen LogP contribution in [0.1, 0.15) is 22.8 Å². The van der Waals surface area contributed by atoms with Gasteiger partial charge in [0.05, 0.1) is 5.56 Å². The number of nitrogens with one attached hydrogen (secondary N) is 1. The Labute approximate surface area is 156 Å². The molecule has 1 atom stereocenters. The smallest absolute Gasteiger partial charge is 0.340 e. The minimum Gasteiger partial charge on any atom is -0.449 e. The molecule has 0 heterocycles. The van der Waals surface area contributed by atoms with Gasteiger partial charge in [-0.2, -0.15) is 0 Å². The van der Waals surface area contributed by atoms with E-state index in [1.807, 2.05) is 0 Å². The van der Waals surface area contributed by atoms with E-state index in [0.717, 1.165) is 0 Å². The molecule has 136 valence electrons. The molecular formula is C20H20FNO3S. The van der Waals surface area contributed by atoms with Crippen molar-refractivity contribution in [1.29, 1.82) is 0 Å². The standard InChI is InChI=1S/C20H20FNO3S/c1-3-12-22-19(23)14(2)25-20(24)16-9-5-7-11-18(16)26-13-15-8-4-6-10-17(15)21/h3-11,14H,1,12-13H2,2H3,(H,22,23)/t14-/m1/s1. The molecule has 2 rings (SSSR count). The fourth-order valence-electron chi connectivity index (χ4n) is 2.13. The van der Waals surface area contributed by atoms with E-state index < -0.39 is 18.0 Å². The topological polar surface area (TPSA) is 55.4 Å². The maximum Gasteiger partial charge on any atom is 0.340 e. The van der Waals surface area contributed by atoms with Crippen LogP contribution in [0.5, 0.6) is 0 Å². The zero-order valence-corrected chi connectivity index (χ0v) is 15.2. The second kappa shape index (κ2) is 9.77. The molecule has 0 saturated carbocycles. The Morgan fingerprint density at radius 1 is 1.23 bits per heavy atom. The summed E-state index contributed by atoms with van der Waals surface area (Å²) in [7, 11) is 0. The van der Waals surface area contributed by atoms with E-state index in [4.69, 9.17) is 4.74 Å². The van der Waals surface area contributed by atoms with Crippen molar-refractivity contribution in [2.75, 3.05) is 6.54 Å². The number of benzene rings is 2. The van der Waals surface area contributed by atoms with Gasteiger partial charge < -0.3 is 10.1 Å². The van der Waals surface area contributed by atoms with Crippen LogP contribution in [0.2, 0.25) is 0 Å². The van der Waals surface area contributed by atoms with Crippen molar-refractivity contribution in [2.24, 2.45) is 0 Å². The molecule has 0 fully saturated rings. The van der Waals surface area contributed by atoms with Crippen LogP contribution in [0.3, 0.4) is 0 Å². The third-order valence-corrected chi connectivity index (χ3v) is 4.64.